The van der Waals surface area contributed by atoms with Gasteiger partial charge >= 0.3 is 0 Å². The van der Waals surface area contributed by atoms with Crippen LogP contribution in [0, 0.1) is 11.3 Å². The van der Waals surface area contributed by atoms with Gasteiger partial charge in [0.2, 0.25) is 6.79 Å². The predicted molar refractivity (Wildman–Crippen MR) is 75.7 cm³/mol. The van der Waals surface area contributed by atoms with E-state index in [1.54, 1.807) is 0 Å². The number of nitrogens with zero attached hydrogens (tertiary/aromatic N) is 1. The van der Waals surface area contributed by atoms with Crippen molar-refractivity contribution in [2.24, 2.45) is 0 Å². The van der Waals surface area contributed by atoms with Gasteiger partial charge in [-0.2, -0.15) is 5.26 Å². The molecule has 100 valence electrons. The van der Waals surface area contributed by atoms with E-state index < -0.39 is 0 Å². The number of ether oxygens (including phenoxy) is 2. The molecule has 0 fully saturated rings. The molecule has 0 N–H and O–H groups in total. The molecule has 1 heterocycles. The molecule has 0 bridgehead atoms. The van der Waals surface area contributed by atoms with E-state index in [4.69, 9.17) is 14.7 Å². The minimum Gasteiger partial charge on any atom is -0.454 e. The van der Waals surface area contributed by atoms with Gasteiger partial charge in [0.25, 0.3) is 0 Å². The molecule has 0 aromatic heterocycles. The van der Waals surface area contributed by atoms with Crippen molar-refractivity contribution in [1.29, 1.82) is 5.26 Å². The number of fused-ring (bicyclic) bond motifs is 1. The predicted octanol–water partition coefficient (Wildman–Crippen LogP) is 3.66. The molecular formula is C17H15NO2. The molecule has 3 heteroatoms. The van der Waals surface area contributed by atoms with Gasteiger partial charge in [0.1, 0.15) is 0 Å². The van der Waals surface area contributed by atoms with Gasteiger partial charge in [-0.05, 0) is 29.7 Å². The molecule has 1 atom stereocenters. The van der Waals surface area contributed by atoms with Gasteiger partial charge in [0, 0.05) is 12.3 Å². The number of benzene rings is 2. The summed E-state index contributed by atoms with van der Waals surface area (Å²) in [5.74, 6) is 1.74. The molecule has 0 saturated heterocycles. The fourth-order valence-electron chi connectivity index (χ4n) is 2.48. The van der Waals surface area contributed by atoms with Crippen molar-refractivity contribution in [3.05, 3.63) is 59.7 Å². The van der Waals surface area contributed by atoms with E-state index in [2.05, 4.69) is 18.2 Å². The molecule has 0 aliphatic carbocycles. The molecule has 3 nitrogen and oxygen atoms in total. The van der Waals surface area contributed by atoms with Crippen molar-refractivity contribution in [3.63, 3.8) is 0 Å². The summed E-state index contributed by atoms with van der Waals surface area (Å²) in [6, 6.07) is 18.5. The maximum Gasteiger partial charge on any atom is 0.231 e. The highest BCUT2D eigenvalue weighted by Crippen LogP contribution is 2.36. The van der Waals surface area contributed by atoms with Crippen molar-refractivity contribution in [2.75, 3.05) is 6.79 Å². The first-order valence-corrected chi connectivity index (χ1v) is 6.67. The second kappa shape index (κ2) is 5.66. The van der Waals surface area contributed by atoms with Gasteiger partial charge in [-0.1, -0.05) is 36.4 Å². The highest BCUT2D eigenvalue weighted by atomic mass is 16.7. The van der Waals surface area contributed by atoms with Crippen LogP contribution in [0.5, 0.6) is 11.5 Å². The van der Waals surface area contributed by atoms with Crippen LogP contribution in [0.3, 0.4) is 0 Å². The average Bonchev–Trinajstić information content (AvgIpc) is 2.95. The fourth-order valence-corrected chi connectivity index (χ4v) is 2.48. The van der Waals surface area contributed by atoms with Gasteiger partial charge in [-0.25, -0.2) is 0 Å². The standard InChI is InChI=1S/C17H15NO2/c18-9-8-15(10-13-4-2-1-3-5-13)14-6-7-16-17(11-14)20-12-19-16/h1-7,11,15H,8,10,12H2/t15-/m0/s1. The van der Waals surface area contributed by atoms with Gasteiger partial charge in [0.15, 0.2) is 11.5 Å². The molecule has 0 unspecified atom stereocenters. The largest absolute Gasteiger partial charge is 0.454 e. The molecule has 0 radical (unpaired) electrons. The average molecular weight is 265 g/mol. The van der Waals surface area contributed by atoms with Crippen LogP contribution in [0.15, 0.2) is 48.5 Å². The first-order valence-electron chi connectivity index (χ1n) is 6.67. The highest BCUT2D eigenvalue weighted by Gasteiger charge is 2.18. The third kappa shape index (κ3) is 2.60. The molecule has 0 amide bonds. The van der Waals surface area contributed by atoms with Gasteiger partial charge in [0.05, 0.1) is 6.07 Å². The molecule has 1 aliphatic rings. The molecule has 1 aliphatic heterocycles. The van der Waals surface area contributed by atoms with Gasteiger partial charge in [-0.15, -0.1) is 0 Å². The van der Waals surface area contributed by atoms with E-state index in [0.29, 0.717) is 6.42 Å². The first kappa shape index (κ1) is 12.6. The maximum absolute atomic E-state index is 9.06. The van der Waals surface area contributed by atoms with Crippen LogP contribution < -0.4 is 9.47 Å². The smallest absolute Gasteiger partial charge is 0.231 e. The van der Waals surface area contributed by atoms with Crippen molar-refractivity contribution < 1.29 is 9.47 Å². The lowest BCUT2D eigenvalue weighted by atomic mass is 9.89. The number of hydrogen-bond donors (Lipinski definition) is 0. The lowest BCUT2D eigenvalue weighted by Crippen LogP contribution is -2.02. The lowest BCUT2D eigenvalue weighted by Gasteiger charge is -2.14. The number of nitriles is 1. The third-order valence-electron chi connectivity index (χ3n) is 3.53. The summed E-state index contributed by atoms with van der Waals surface area (Å²) in [6.45, 7) is 0.278. The first-order chi connectivity index (χ1) is 9.86. The second-order valence-electron chi connectivity index (χ2n) is 4.86. The Morgan fingerprint density at radius 1 is 1.05 bits per heavy atom. The third-order valence-corrected chi connectivity index (χ3v) is 3.53. The molecule has 2 aromatic rings. The van der Waals surface area contributed by atoms with Crippen molar-refractivity contribution in [2.45, 2.75) is 18.8 Å². The monoisotopic (exact) mass is 265 g/mol. The summed E-state index contributed by atoms with van der Waals surface area (Å²) >= 11 is 0. The minimum absolute atomic E-state index is 0.178. The van der Waals surface area contributed by atoms with E-state index in [0.717, 1.165) is 23.5 Å². The summed E-state index contributed by atoms with van der Waals surface area (Å²) in [7, 11) is 0. The summed E-state index contributed by atoms with van der Waals surface area (Å²) in [5, 5.41) is 9.06. The number of hydrogen-bond acceptors (Lipinski definition) is 3. The minimum atomic E-state index is 0.178. The van der Waals surface area contributed by atoms with E-state index in [-0.39, 0.29) is 12.7 Å². The molecule has 2 aromatic carbocycles. The topological polar surface area (TPSA) is 42.2 Å². The molecule has 20 heavy (non-hydrogen) atoms. The Morgan fingerprint density at radius 2 is 1.85 bits per heavy atom. The summed E-state index contributed by atoms with van der Waals surface area (Å²) in [5.41, 5.74) is 2.37. The van der Waals surface area contributed by atoms with Crippen LogP contribution in [0.4, 0.5) is 0 Å². The Labute approximate surface area is 118 Å². The van der Waals surface area contributed by atoms with Crippen LogP contribution in [0.2, 0.25) is 0 Å². The van der Waals surface area contributed by atoms with Crippen LogP contribution in [-0.2, 0) is 6.42 Å². The second-order valence-corrected chi connectivity index (χ2v) is 4.86. The van der Waals surface area contributed by atoms with Crippen LogP contribution >= 0.6 is 0 Å². The Balaban J connectivity index is 1.85. The van der Waals surface area contributed by atoms with Crippen LogP contribution in [0.1, 0.15) is 23.5 Å². The Bertz CT molecular complexity index is 631. The Morgan fingerprint density at radius 3 is 2.65 bits per heavy atom. The van der Waals surface area contributed by atoms with E-state index >= 15 is 0 Å². The van der Waals surface area contributed by atoms with Crippen molar-refractivity contribution in [3.8, 4) is 17.6 Å². The summed E-state index contributed by atoms with van der Waals surface area (Å²) < 4.78 is 10.7. The zero-order valence-electron chi connectivity index (χ0n) is 11.1. The lowest BCUT2D eigenvalue weighted by molar-refractivity contribution is 0.174. The quantitative estimate of drug-likeness (QED) is 0.847. The zero-order chi connectivity index (χ0) is 13.8. The van der Waals surface area contributed by atoms with Crippen LogP contribution in [-0.4, -0.2) is 6.79 Å². The van der Waals surface area contributed by atoms with E-state index in [1.807, 2.05) is 36.4 Å². The van der Waals surface area contributed by atoms with Crippen molar-refractivity contribution >= 4 is 0 Å². The van der Waals surface area contributed by atoms with Gasteiger partial charge < -0.3 is 9.47 Å². The Kier molecular flexibility index (Phi) is 3.56. The van der Waals surface area contributed by atoms with Crippen LogP contribution in [0.25, 0.3) is 0 Å². The summed E-state index contributed by atoms with van der Waals surface area (Å²) in [6.07, 6.45) is 1.35. The SMILES string of the molecule is N#CC[C@@H](Cc1ccccc1)c1ccc2c(c1)OCO2. The number of rotatable bonds is 4. The highest BCUT2D eigenvalue weighted by molar-refractivity contribution is 5.45. The fraction of sp³-hybridized carbons (Fsp3) is 0.235. The Hall–Kier alpha value is -2.47. The van der Waals surface area contributed by atoms with Gasteiger partial charge in [-0.3, -0.25) is 0 Å². The molecule has 0 saturated carbocycles. The maximum atomic E-state index is 9.06. The molecule has 0 spiro atoms. The van der Waals surface area contributed by atoms with Crippen molar-refractivity contribution in [1.82, 2.24) is 0 Å². The normalized spacial score (nSPS) is 13.8. The molecule has 3 rings (SSSR count). The summed E-state index contributed by atoms with van der Waals surface area (Å²) in [4.78, 5) is 0. The molecular weight excluding hydrogens is 250 g/mol. The zero-order valence-corrected chi connectivity index (χ0v) is 11.1. The van der Waals surface area contributed by atoms with E-state index in [1.165, 1.54) is 5.56 Å². The van der Waals surface area contributed by atoms with E-state index in [9.17, 15) is 0 Å².